The van der Waals surface area contributed by atoms with Crippen LogP contribution in [0.5, 0.6) is 5.75 Å². The molecule has 3 rings (SSSR count). The molecule has 1 atom stereocenters. The van der Waals surface area contributed by atoms with Crippen molar-refractivity contribution in [3.8, 4) is 5.75 Å². The van der Waals surface area contributed by atoms with E-state index in [1.54, 1.807) is 13.3 Å². The Labute approximate surface area is 137 Å². The van der Waals surface area contributed by atoms with Crippen LogP contribution in [-0.2, 0) is 0 Å². The standard InChI is InChI=1S/C19H24N2O2/c1-23-16-10-8-15(9-11-16)18-7-3-2-4-13-21(18)14-19(22)17-6-5-12-20-17/h5-6,8-12,18,20H,2-4,7,13-14H2,1H3/t18-/m0/s1. The van der Waals surface area contributed by atoms with Gasteiger partial charge in [-0.3, -0.25) is 9.69 Å². The molecule has 122 valence electrons. The predicted octanol–water partition coefficient (Wildman–Crippen LogP) is 3.82. The maximum absolute atomic E-state index is 12.5. The highest BCUT2D eigenvalue weighted by molar-refractivity contribution is 5.95. The number of nitrogens with one attached hydrogen (secondary N) is 1. The van der Waals surface area contributed by atoms with Gasteiger partial charge in [0.25, 0.3) is 0 Å². The summed E-state index contributed by atoms with van der Waals surface area (Å²) < 4.78 is 5.25. The first-order chi connectivity index (χ1) is 11.3. The van der Waals surface area contributed by atoms with Crippen molar-refractivity contribution in [1.29, 1.82) is 0 Å². The van der Waals surface area contributed by atoms with Crippen molar-refractivity contribution in [2.75, 3.05) is 20.2 Å². The number of methoxy groups -OCH3 is 1. The number of rotatable bonds is 5. The molecule has 1 aliphatic rings. The molecule has 1 N–H and O–H groups in total. The lowest BCUT2D eigenvalue weighted by Crippen LogP contribution is -2.33. The molecule has 23 heavy (non-hydrogen) atoms. The minimum absolute atomic E-state index is 0.162. The number of hydrogen-bond acceptors (Lipinski definition) is 3. The smallest absolute Gasteiger partial charge is 0.192 e. The maximum atomic E-state index is 12.5. The van der Waals surface area contributed by atoms with Crippen molar-refractivity contribution in [3.63, 3.8) is 0 Å². The van der Waals surface area contributed by atoms with Gasteiger partial charge in [0.05, 0.1) is 19.3 Å². The van der Waals surface area contributed by atoms with Crippen LogP contribution in [0.2, 0.25) is 0 Å². The number of carbonyl (C=O) groups is 1. The fourth-order valence-corrected chi connectivity index (χ4v) is 3.33. The molecule has 2 heterocycles. The van der Waals surface area contributed by atoms with Gasteiger partial charge in [-0.1, -0.05) is 25.0 Å². The third-order valence-electron chi connectivity index (χ3n) is 4.61. The average molecular weight is 312 g/mol. The van der Waals surface area contributed by atoms with Crippen LogP contribution in [-0.4, -0.2) is 35.9 Å². The molecule has 0 unspecified atom stereocenters. The Morgan fingerprint density at radius 3 is 2.74 bits per heavy atom. The zero-order valence-electron chi connectivity index (χ0n) is 13.6. The summed E-state index contributed by atoms with van der Waals surface area (Å²) in [6.45, 7) is 1.44. The van der Waals surface area contributed by atoms with E-state index in [0.29, 0.717) is 18.3 Å². The summed E-state index contributed by atoms with van der Waals surface area (Å²) in [6, 6.07) is 12.3. The summed E-state index contributed by atoms with van der Waals surface area (Å²) in [4.78, 5) is 17.8. The van der Waals surface area contributed by atoms with Crippen molar-refractivity contribution in [1.82, 2.24) is 9.88 Å². The van der Waals surface area contributed by atoms with E-state index in [2.05, 4.69) is 22.0 Å². The highest BCUT2D eigenvalue weighted by Crippen LogP contribution is 2.31. The number of hydrogen-bond donors (Lipinski definition) is 1. The lowest BCUT2D eigenvalue weighted by molar-refractivity contribution is 0.0888. The molecule has 1 aromatic carbocycles. The van der Waals surface area contributed by atoms with E-state index in [1.807, 2.05) is 24.3 Å². The molecule has 0 bridgehead atoms. The molecule has 1 aromatic heterocycles. The molecule has 2 aromatic rings. The van der Waals surface area contributed by atoms with Crippen molar-refractivity contribution < 1.29 is 9.53 Å². The maximum Gasteiger partial charge on any atom is 0.192 e. The zero-order valence-corrected chi connectivity index (χ0v) is 13.6. The summed E-state index contributed by atoms with van der Waals surface area (Å²) in [6.07, 6.45) is 6.51. The van der Waals surface area contributed by atoms with Gasteiger partial charge < -0.3 is 9.72 Å². The largest absolute Gasteiger partial charge is 0.497 e. The van der Waals surface area contributed by atoms with Gasteiger partial charge in [0.2, 0.25) is 0 Å². The number of aromatic amines is 1. The van der Waals surface area contributed by atoms with E-state index >= 15 is 0 Å². The van der Waals surface area contributed by atoms with Crippen LogP contribution in [0.1, 0.15) is 47.8 Å². The number of carbonyl (C=O) groups excluding carboxylic acids is 1. The Bertz CT molecular complexity index is 619. The van der Waals surface area contributed by atoms with Gasteiger partial charge >= 0.3 is 0 Å². The van der Waals surface area contributed by atoms with Crippen LogP contribution < -0.4 is 4.74 Å². The Balaban J connectivity index is 1.77. The minimum Gasteiger partial charge on any atom is -0.497 e. The van der Waals surface area contributed by atoms with Gasteiger partial charge in [0.15, 0.2) is 5.78 Å². The Hall–Kier alpha value is -2.07. The van der Waals surface area contributed by atoms with Crippen LogP contribution >= 0.6 is 0 Å². The summed E-state index contributed by atoms with van der Waals surface area (Å²) in [5.74, 6) is 1.03. The second-order valence-electron chi connectivity index (χ2n) is 6.12. The minimum atomic E-state index is 0.162. The van der Waals surface area contributed by atoms with Crippen LogP contribution in [0.3, 0.4) is 0 Å². The second kappa shape index (κ2) is 7.47. The molecule has 0 amide bonds. The number of likely N-dealkylation sites (tertiary alicyclic amines) is 1. The highest BCUT2D eigenvalue weighted by Gasteiger charge is 2.25. The number of aromatic nitrogens is 1. The van der Waals surface area contributed by atoms with Crippen LogP contribution in [0.25, 0.3) is 0 Å². The monoisotopic (exact) mass is 312 g/mol. The Morgan fingerprint density at radius 1 is 1.22 bits per heavy atom. The van der Waals surface area contributed by atoms with Crippen molar-refractivity contribution in [2.45, 2.75) is 31.7 Å². The third-order valence-corrected chi connectivity index (χ3v) is 4.61. The quantitative estimate of drug-likeness (QED) is 0.854. The first-order valence-electron chi connectivity index (χ1n) is 8.32. The molecule has 4 nitrogen and oxygen atoms in total. The van der Waals surface area contributed by atoms with Gasteiger partial charge in [0.1, 0.15) is 5.75 Å². The van der Waals surface area contributed by atoms with Crippen LogP contribution in [0.15, 0.2) is 42.6 Å². The molecule has 1 saturated heterocycles. The van der Waals surface area contributed by atoms with Crippen LogP contribution in [0.4, 0.5) is 0 Å². The molecule has 0 saturated carbocycles. The van der Waals surface area contributed by atoms with E-state index in [1.165, 1.54) is 18.4 Å². The molecule has 1 fully saturated rings. The number of benzene rings is 1. The first-order valence-corrected chi connectivity index (χ1v) is 8.32. The zero-order chi connectivity index (χ0) is 16.1. The Kier molecular flexibility index (Phi) is 5.13. The molecular formula is C19H24N2O2. The SMILES string of the molecule is COc1ccc([C@@H]2CCCCCN2CC(=O)c2ccc[nH]2)cc1. The summed E-state index contributed by atoms with van der Waals surface area (Å²) in [7, 11) is 1.68. The van der Waals surface area contributed by atoms with Gasteiger partial charge in [-0.15, -0.1) is 0 Å². The molecule has 0 aliphatic carbocycles. The van der Waals surface area contributed by atoms with Crippen LogP contribution in [0, 0.1) is 0 Å². The molecular weight excluding hydrogens is 288 g/mol. The number of Topliss-reactive ketones (excluding diaryl/α,β-unsaturated/α-hetero) is 1. The molecule has 4 heteroatoms. The number of ether oxygens (including phenoxy) is 1. The number of ketones is 1. The summed E-state index contributed by atoms with van der Waals surface area (Å²) in [5.41, 5.74) is 1.97. The normalized spacial score (nSPS) is 19.3. The van der Waals surface area contributed by atoms with Gasteiger partial charge in [-0.2, -0.15) is 0 Å². The van der Waals surface area contributed by atoms with Crippen molar-refractivity contribution in [3.05, 3.63) is 53.9 Å². The number of nitrogens with zero attached hydrogens (tertiary/aromatic N) is 1. The Morgan fingerprint density at radius 2 is 2.04 bits per heavy atom. The molecule has 0 radical (unpaired) electrons. The highest BCUT2D eigenvalue weighted by atomic mass is 16.5. The first kappa shape index (κ1) is 15.8. The third kappa shape index (κ3) is 3.82. The fourth-order valence-electron chi connectivity index (χ4n) is 3.33. The van der Waals surface area contributed by atoms with Gasteiger partial charge in [0, 0.05) is 12.2 Å². The van der Waals surface area contributed by atoms with E-state index in [4.69, 9.17) is 4.74 Å². The van der Waals surface area contributed by atoms with E-state index in [9.17, 15) is 4.79 Å². The van der Waals surface area contributed by atoms with E-state index < -0.39 is 0 Å². The molecule has 0 spiro atoms. The van der Waals surface area contributed by atoms with E-state index in [-0.39, 0.29) is 5.78 Å². The van der Waals surface area contributed by atoms with Gasteiger partial charge in [-0.25, -0.2) is 0 Å². The second-order valence-corrected chi connectivity index (χ2v) is 6.12. The topological polar surface area (TPSA) is 45.3 Å². The summed E-state index contributed by atoms with van der Waals surface area (Å²) in [5, 5.41) is 0. The predicted molar refractivity (Wildman–Crippen MR) is 90.9 cm³/mol. The number of H-pyrrole nitrogens is 1. The lowest BCUT2D eigenvalue weighted by Gasteiger charge is -2.29. The lowest BCUT2D eigenvalue weighted by atomic mass is 10.0. The van der Waals surface area contributed by atoms with E-state index in [0.717, 1.165) is 25.1 Å². The van der Waals surface area contributed by atoms with Gasteiger partial charge in [-0.05, 0) is 49.2 Å². The van der Waals surface area contributed by atoms with Crippen molar-refractivity contribution in [2.24, 2.45) is 0 Å². The molecule has 1 aliphatic heterocycles. The fraction of sp³-hybridized carbons (Fsp3) is 0.421. The average Bonchev–Trinajstić information content (AvgIpc) is 3.03. The van der Waals surface area contributed by atoms with Crippen molar-refractivity contribution >= 4 is 5.78 Å². The summed E-state index contributed by atoms with van der Waals surface area (Å²) >= 11 is 0.